The number of ether oxygens (including phenoxy) is 1. The third-order valence-electron chi connectivity index (χ3n) is 3.18. The molecule has 2 rings (SSSR count). The van der Waals surface area contributed by atoms with Crippen molar-refractivity contribution in [1.29, 1.82) is 0 Å². The molecule has 0 fully saturated rings. The van der Waals surface area contributed by atoms with Crippen LogP contribution in [0.2, 0.25) is 10.0 Å². The summed E-state index contributed by atoms with van der Waals surface area (Å²) in [7, 11) is 0. The zero-order valence-corrected chi connectivity index (χ0v) is 13.9. The lowest BCUT2D eigenvalue weighted by Gasteiger charge is -2.14. The standard InChI is InChI=1S/C17H17Cl2NO2/c1-3-11(2)22-14-6-4-5-13(10-14)20-17(21)15-8-7-12(18)9-16(15)19/h4-11H,3H2,1-2H3,(H,20,21). The fraction of sp³-hybridized carbons (Fsp3) is 0.235. The molecular formula is C17H17Cl2NO2. The SMILES string of the molecule is CCC(C)Oc1cccc(NC(=O)c2ccc(Cl)cc2Cl)c1. The van der Waals surface area contributed by atoms with Crippen LogP contribution in [0, 0.1) is 0 Å². The first kappa shape index (κ1) is 16.7. The molecular weight excluding hydrogens is 321 g/mol. The molecule has 0 aliphatic heterocycles. The molecule has 0 aromatic heterocycles. The number of anilines is 1. The first-order chi connectivity index (χ1) is 10.5. The van der Waals surface area contributed by atoms with E-state index in [1.165, 1.54) is 0 Å². The number of hydrogen-bond acceptors (Lipinski definition) is 2. The molecule has 116 valence electrons. The fourth-order valence-electron chi connectivity index (χ4n) is 1.83. The minimum Gasteiger partial charge on any atom is -0.491 e. The van der Waals surface area contributed by atoms with E-state index in [9.17, 15) is 4.79 Å². The zero-order valence-electron chi connectivity index (χ0n) is 12.4. The Morgan fingerprint density at radius 3 is 2.68 bits per heavy atom. The maximum atomic E-state index is 12.3. The third-order valence-corrected chi connectivity index (χ3v) is 3.73. The summed E-state index contributed by atoms with van der Waals surface area (Å²) in [5, 5.41) is 3.61. The van der Waals surface area contributed by atoms with E-state index in [4.69, 9.17) is 27.9 Å². The van der Waals surface area contributed by atoms with E-state index >= 15 is 0 Å². The number of benzene rings is 2. The maximum Gasteiger partial charge on any atom is 0.257 e. The van der Waals surface area contributed by atoms with Crippen molar-refractivity contribution in [1.82, 2.24) is 0 Å². The van der Waals surface area contributed by atoms with Crippen LogP contribution in [0.3, 0.4) is 0 Å². The minimum atomic E-state index is -0.289. The van der Waals surface area contributed by atoms with E-state index in [-0.39, 0.29) is 12.0 Å². The van der Waals surface area contributed by atoms with Gasteiger partial charge in [0.05, 0.1) is 16.7 Å². The largest absolute Gasteiger partial charge is 0.491 e. The summed E-state index contributed by atoms with van der Waals surface area (Å²) in [4.78, 5) is 12.3. The summed E-state index contributed by atoms with van der Waals surface area (Å²) in [6.45, 7) is 4.05. The van der Waals surface area contributed by atoms with Gasteiger partial charge in [-0.05, 0) is 43.7 Å². The summed E-state index contributed by atoms with van der Waals surface area (Å²) < 4.78 is 5.74. The average Bonchev–Trinajstić information content (AvgIpc) is 2.47. The number of rotatable bonds is 5. The van der Waals surface area contributed by atoms with Gasteiger partial charge in [0, 0.05) is 16.8 Å². The Hall–Kier alpha value is -1.71. The molecule has 0 saturated heterocycles. The lowest BCUT2D eigenvalue weighted by Crippen LogP contribution is -2.13. The smallest absolute Gasteiger partial charge is 0.257 e. The second-order valence-electron chi connectivity index (χ2n) is 4.94. The van der Waals surface area contributed by atoms with Crippen molar-refractivity contribution in [3.8, 4) is 5.75 Å². The van der Waals surface area contributed by atoms with Crippen molar-refractivity contribution in [2.45, 2.75) is 26.4 Å². The number of amides is 1. The number of carbonyl (C=O) groups is 1. The lowest BCUT2D eigenvalue weighted by atomic mass is 10.2. The first-order valence-corrected chi connectivity index (χ1v) is 7.78. The summed E-state index contributed by atoms with van der Waals surface area (Å²) in [6.07, 6.45) is 1.04. The molecule has 0 radical (unpaired) electrons. The Balaban J connectivity index is 2.13. The van der Waals surface area contributed by atoms with Crippen LogP contribution in [0.5, 0.6) is 5.75 Å². The second kappa shape index (κ2) is 7.52. The van der Waals surface area contributed by atoms with Gasteiger partial charge in [-0.25, -0.2) is 0 Å². The highest BCUT2D eigenvalue weighted by atomic mass is 35.5. The third kappa shape index (κ3) is 4.39. The van der Waals surface area contributed by atoms with Gasteiger partial charge in [-0.1, -0.05) is 36.2 Å². The van der Waals surface area contributed by atoms with Gasteiger partial charge in [-0.3, -0.25) is 4.79 Å². The molecule has 5 heteroatoms. The number of hydrogen-bond donors (Lipinski definition) is 1. The van der Waals surface area contributed by atoms with Gasteiger partial charge < -0.3 is 10.1 Å². The molecule has 1 atom stereocenters. The van der Waals surface area contributed by atoms with Crippen LogP contribution in [-0.2, 0) is 0 Å². The normalized spacial score (nSPS) is 11.8. The van der Waals surface area contributed by atoms with Crippen LogP contribution >= 0.6 is 23.2 Å². The molecule has 0 spiro atoms. The van der Waals surface area contributed by atoms with Crippen LogP contribution in [0.15, 0.2) is 42.5 Å². The van der Waals surface area contributed by atoms with Crippen LogP contribution in [0.1, 0.15) is 30.6 Å². The summed E-state index contributed by atoms with van der Waals surface area (Å²) in [5.74, 6) is 0.428. The number of nitrogens with one attached hydrogen (secondary N) is 1. The molecule has 1 amide bonds. The molecule has 1 unspecified atom stereocenters. The van der Waals surface area contributed by atoms with Crippen molar-refractivity contribution >= 4 is 34.8 Å². The summed E-state index contributed by atoms with van der Waals surface area (Å²) >= 11 is 11.9. The molecule has 0 aliphatic rings. The maximum absolute atomic E-state index is 12.3. The van der Waals surface area contributed by atoms with Crippen LogP contribution < -0.4 is 10.1 Å². The van der Waals surface area contributed by atoms with Crippen molar-refractivity contribution in [3.05, 3.63) is 58.1 Å². The van der Waals surface area contributed by atoms with Gasteiger partial charge in [0.2, 0.25) is 0 Å². The van der Waals surface area contributed by atoms with E-state index in [1.807, 2.05) is 19.1 Å². The van der Waals surface area contributed by atoms with Gasteiger partial charge >= 0.3 is 0 Å². The number of halogens is 2. The van der Waals surface area contributed by atoms with Gasteiger partial charge in [0.25, 0.3) is 5.91 Å². The van der Waals surface area contributed by atoms with Crippen molar-refractivity contribution in [3.63, 3.8) is 0 Å². The molecule has 1 N–H and O–H groups in total. The first-order valence-electron chi connectivity index (χ1n) is 7.02. The Morgan fingerprint density at radius 1 is 1.23 bits per heavy atom. The number of carbonyl (C=O) groups excluding carboxylic acids is 1. The molecule has 2 aromatic rings. The van der Waals surface area contributed by atoms with Gasteiger partial charge in [-0.15, -0.1) is 0 Å². The Labute approximate surface area is 140 Å². The summed E-state index contributed by atoms with van der Waals surface area (Å²) in [5.41, 5.74) is 1.02. The molecule has 22 heavy (non-hydrogen) atoms. The van der Waals surface area contributed by atoms with E-state index in [1.54, 1.807) is 30.3 Å². The molecule has 0 bridgehead atoms. The molecule has 0 aliphatic carbocycles. The monoisotopic (exact) mass is 337 g/mol. The predicted molar refractivity (Wildman–Crippen MR) is 91.2 cm³/mol. The van der Waals surface area contributed by atoms with Crippen LogP contribution in [0.25, 0.3) is 0 Å². The van der Waals surface area contributed by atoms with Gasteiger partial charge in [-0.2, -0.15) is 0 Å². The Bertz CT molecular complexity index is 673. The quantitative estimate of drug-likeness (QED) is 0.790. The van der Waals surface area contributed by atoms with E-state index in [0.717, 1.165) is 6.42 Å². The highest BCUT2D eigenvalue weighted by molar-refractivity contribution is 6.37. The highest BCUT2D eigenvalue weighted by Crippen LogP contribution is 2.23. The summed E-state index contributed by atoms with van der Waals surface area (Å²) in [6, 6.07) is 12.0. The van der Waals surface area contributed by atoms with E-state index < -0.39 is 0 Å². The Morgan fingerprint density at radius 2 is 2.00 bits per heavy atom. The molecule has 0 saturated carbocycles. The molecule has 0 heterocycles. The van der Waals surface area contributed by atoms with Crippen molar-refractivity contribution < 1.29 is 9.53 Å². The van der Waals surface area contributed by atoms with E-state index in [2.05, 4.69) is 12.2 Å². The lowest BCUT2D eigenvalue weighted by molar-refractivity contribution is 0.102. The van der Waals surface area contributed by atoms with Gasteiger partial charge in [0.15, 0.2) is 0 Å². The second-order valence-corrected chi connectivity index (χ2v) is 5.79. The molecule has 3 nitrogen and oxygen atoms in total. The van der Waals surface area contributed by atoms with Crippen LogP contribution in [-0.4, -0.2) is 12.0 Å². The minimum absolute atomic E-state index is 0.122. The van der Waals surface area contributed by atoms with E-state index in [0.29, 0.717) is 27.0 Å². The average molecular weight is 338 g/mol. The van der Waals surface area contributed by atoms with Crippen molar-refractivity contribution in [2.24, 2.45) is 0 Å². The highest BCUT2D eigenvalue weighted by Gasteiger charge is 2.11. The van der Waals surface area contributed by atoms with Crippen LogP contribution in [0.4, 0.5) is 5.69 Å². The fourth-order valence-corrected chi connectivity index (χ4v) is 2.33. The topological polar surface area (TPSA) is 38.3 Å². The Kier molecular flexibility index (Phi) is 5.69. The van der Waals surface area contributed by atoms with Gasteiger partial charge in [0.1, 0.15) is 5.75 Å². The zero-order chi connectivity index (χ0) is 16.1. The predicted octanol–water partition coefficient (Wildman–Crippen LogP) is 5.42. The molecule has 2 aromatic carbocycles. The van der Waals surface area contributed by atoms with Crippen molar-refractivity contribution in [2.75, 3.05) is 5.32 Å².